The van der Waals surface area contributed by atoms with Crippen molar-refractivity contribution < 1.29 is 14.6 Å². The summed E-state index contributed by atoms with van der Waals surface area (Å²) >= 11 is 1.35. The van der Waals surface area contributed by atoms with Crippen LogP contribution in [0.15, 0.2) is 52.4 Å². The monoisotopic (exact) mass is 368 g/mol. The number of thioether (sulfide) groups is 1. The Bertz CT molecular complexity index is 906. The molecule has 0 bridgehead atoms. The molecule has 1 aliphatic heterocycles. The van der Waals surface area contributed by atoms with Crippen LogP contribution in [0.1, 0.15) is 18.1 Å². The predicted molar refractivity (Wildman–Crippen MR) is 106 cm³/mol. The molecule has 0 saturated carbocycles. The van der Waals surface area contributed by atoms with Crippen LogP contribution in [0.3, 0.4) is 0 Å². The van der Waals surface area contributed by atoms with E-state index in [0.29, 0.717) is 22.4 Å². The highest BCUT2D eigenvalue weighted by atomic mass is 32.2. The number of benzene rings is 2. The van der Waals surface area contributed by atoms with Crippen LogP contribution >= 0.6 is 11.8 Å². The van der Waals surface area contributed by atoms with Gasteiger partial charge in [0, 0.05) is 6.54 Å². The first-order valence-corrected chi connectivity index (χ1v) is 9.08. The minimum atomic E-state index is -0.0723. The summed E-state index contributed by atoms with van der Waals surface area (Å²) in [7, 11) is 1.49. The van der Waals surface area contributed by atoms with E-state index in [2.05, 4.69) is 4.99 Å². The second-order valence-corrected chi connectivity index (χ2v) is 6.78. The van der Waals surface area contributed by atoms with E-state index in [0.717, 1.165) is 16.8 Å². The van der Waals surface area contributed by atoms with Crippen molar-refractivity contribution in [2.24, 2.45) is 4.99 Å². The predicted octanol–water partition coefficient (Wildman–Crippen LogP) is 4.33. The third-order valence-corrected chi connectivity index (χ3v) is 5.04. The number of phenolic OH excluding ortho intramolecular Hbond substituents is 1. The number of amidine groups is 1. The smallest absolute Gasteiger partial charge is 0.266 e. The number of aryl methyl sites for hydroxylation is 1. The number of likely N-dealkylation sites (N-methyl/N-ethyl adjacent to an activating group) is 1. The molecule has 2 aromatic carbocycles. The zero-order valence-corrected chi connectivity index (χ0v) is 15.7. The standard InChI is InChI=1S/C20H20N2O3S/c1-4-22-19(24)18(12-14-9-10-16(23)17(11-14)25-3)26-20(22)21-15-8-6-5-7-13(15)2/h5-12,23H,4H2,1-3H3/b18-12+,21-20?. The quantitative estimate of drug-likeness (QED) is 0.816. The van der Waals surface area contributed by atoms with Crippen LogP contribution in [0.5, 0.6) is 11.5 Å². The maximum absolute atomic E-state index is 12.7. The fraction of sp³-hybridized carbons (Fsp3) is 0.200. The van der Waals surface area contributed by atoms with Crippen molar-refractivity contribution in [3.8, 4) is 11.5 Å². The van der Waals surface area contributed by atoms with Crippen molar-refractivity contribution in [1.29, 1.82) is 0 Å². The lowest BCUT2D eigenvalue weighted by molar-refractivity contribution is -0.122. The summed E-state index contributed by atoms with van der Waals surface area (Å²) in [6.45, 7) is 4.47. The van der Waals surface area contributed by atoms with E-state index in [1.807, 2.05) is 38.1 Å². The van der Waals surface area contributed by atoms with Crippen LogP contribution in [0.2, 0.25) is 0 Å². The number of hydrogen-bond donors (Lipinski definition) is 1. The minimum absolute atomic E-state index is 0.0667. The first-order valence-electron chi connectivity index (χ1n) is 8.26. The van der Waals surface area contributed by atoms with E-state index in [4.69, 9.17) is 4.74 Å². The normalized spacial score (nSPS) is 17.3. The lowest BCUT2D eigenvalue weighted by Crippen LogP contribution is -2.28. The van der Waals surface area contributed by atoms with Crippen LogP contribution < -0.4 is 4.74 Å². The topological polar surface area (TPSA) is 62.1 Å². The molecule has 2 aromatic rings. The number of para-hydroxylation sites is 1. The highest BCUT2D eigenvalue weighted by Gasteiger charge is 2.32. The summed E-state index contributed by atoms with van der Waals surface area (Å²) in [6, 6.07) is 12.8. The number of amides is 1. The molecular formula is C20H20N2O3S. The van der Waals surface area contributed by atoms with Gasteiger partial charge < -0.3 is 9.84 Å². The highest BCUT2D eigenvalue weighted by molar-refractivity contribution is 8.18. The van der Waals surface area contributed by atoms with Gasteiger partial charge in [-0.2, -0.15) is 0 Å². The van der Waals surface area contributed by atoms with Crippen LogP contribution in [0.25, 0.3) is 6.08 Å². The van der Waals surface area contributed by atoms with E-state index >= 15 is 0 Å². The van der Waals surface area contributed by atoms with E-state index in [-0.39, 0.29) is 11.7 Å². The molecule has 1 N–H and O–H groups in total. The fourth-order valence-corrected chi connectivity index (χ4v) is 3.65. The Labute approximate surface area is 157 Å². The van der Waals surface area contributed by atoms with Crippen molar-refractivity contribution in [2.75, 3.05) is 13.7 Å². The van der Waals surface area contributed by atoms with Crippen molar-refractivity contribution in [1.82, 2.24) is 4.90 Å². The molecule has 1 fully saturated rings. The molecule has 0 radical (unpaired) electrons. The van der Waals surface area contributed by atoms with Crippen molar-refractivity contribution in [3.05, 3.63) is 58.5 Å². The lowest BCUT2D eigenvalue weighted by Gasteiger charge is -2.12. The molecule has 0 aromatic heterocycles. The largest absolute Gasteiger partial charge is 0.504 e. The molecule has 6 heteroatoms. The SMILES string of the molecule is CCN1C(=O)/C(=C\c2ccc(O)c(OC)c2)SC1=Nc1ccccc1C. The molecule has 0 unspecified atom stereocenters. The van der Waals surface area contributed by atoms with E-state index in [9.17, 15) is 9.90 Å². The summed E-state index contributed by atoms with van der Waals surface area (Å²) in [5, 5.41) is 10.4. The average Bonchev–Trinajstić information content (AvgIpc) is 2.93. The number of phenols is 1. The number of carbonyl (C=O) groups excluding carboxylic acids is 1. The zero-order chi connectivity index (χ0) is 18.7. The molecular weight excluding hydrogens is 348 g/mol. The van der Waals surface area contributed by atoms with Gasteiger partial charge in [0.1, 0.15) is 0 Å². The third kappa shape index (κ3) is 3.60. The van der Waals surface area contributed by atoms with Crippen molar-refractivity contribution >= 4 is 34.6 Å². The summed E-state index contributed by atoms with van der Waals surface area (Å²) < 4.78 is 5.13. The molecule has 1 heterocycles. The molecule has 1 saturated heterocycles. The molecule has 0 spiro atoms. The summed E-state index contributed by atoms with van der Waals surface area (Å²) in [5.74, 6) is 0.366. The van der Waals surface area contributed by atoms with Gasteiger partial charge in [-0.25, -0.2) is 4.99 Å². The first kappa shape index (κ1) is 18.1. The number of ether oxygens (including phenoxy) is 1. The van der Waals surface area contributed by atoms with Gasteiger partial charge in [0.15, 0.2) is 16.7 Å². The lowest BCUT2D eigenvalue weighted by atomic mass is 10.2. The zero-order valence-electron chi connectivity index (χ0n) is 14.9. The Morgan fingerprint density at radius 2 is 2.04 bits per heavy atom. The van der Waals surface area contributed by atoms with Crippen LogP contribution in [0, 0.1) is 6.92 Å². The Balaban J connectivity index is 1.96. The van der Waals surface area contributed by atoms with Gasteiger partial charge in [0.25, 0.3) is 5.91 Å². The molecule has 5 nitrogen and oxygen atoms in total. The molecule has 0 atom stereocenters. The Kier molecular flexibility index (Phi) is 5.32. The van der Waals surface area contributed by atoms with Crippen LogP contribution in [-0.4, -0.2) is 34.7 Å². The van der Waals surface area contributed by atoms with Gasteiger partial charge in [-0.1, -0.05) is 24.3 Å². The molecule has 1 aliphatic rings. The number of nitrogens with zero attached hydrogens (tertiary/aromatic N) is 2. The Hall–Kier alpha value is -2.73. The maximum Gasteiger partial charge on any atom is 0.266 e. The number of aromatic hydroxyl groups is 1. The molecule has 1 amide bonds. The summed E-state index contributed by atoms with van der Waals surface area (Å²) in [4.78, 5) is 19.7. The van der Waals surface area contributed by atoms with Gasteiger partial charge in [0.05, 0.1) is 17.7 Å². The number of rotatable bonds is 4. The first-order chi connectivity index (χ1) is 12.5. The summed E-state index contributed by atoms with van der Waals surface area (Å²) in [5.41, 5.74) is 2.70. The van der Waals surface area contributed by atoms with Gasteiger partial charge >= 0.3 is 0 Å². The van der Waals surface area contributed by atoms with Gasteiger partial charge in [-0.15, -0.1) is 0 Å². The van der Waals surface area contributed by atoms with E-state index < -0.39 is 0 Å². The number of methoxy groups -OCH3 is 1. The van der Waals surface area contributed by atoms with Crippen molar-refractivity contribution in [2.45, 2.75) is 13.8 Å². The van der Waals surface area contributed by atoms with Crippen LogP contribution in [-0.2, 0) is 4.79 Å². The third-order valence-electron chi connectivity index (χ3n) is 4.04. The molecule has 0 aliphatic carbocycles. The summed E-state index contributed by atoms with van der Waals surface area (Å²) in [6.07, 6.45) is 1.79. The number of aliphatic imine (C=N–C) groups is 1. The van der Waals surface area contributed by atoms with Gasteiger partial charge in [-0.05, 0) is 61.0 Å². The van der Waals surface area contributed by atoms with Gasteiger partial charge in [0.2, 0.25) is 0 Å². The second kappa shape index (κ2) is 7.66. The van der Waals surface area contributed by atoms with Crippen LogP contribution in [0.4, 0.5) is 5.69 Å². The fourth-order valence-electron chi connectivity index (χ4n) is 2.60. The molecule has 3 rings (SSSR count). The Morgan fingerprint density at radius 3 is 2.73 bits per heavy atom. The minimum Gasteiger partial charge on any atom is -0.504 e. The maximum atomic E-state index is 12.7. The van der Waals surface area contributed by atoms with Gasteiger partial charge in [-0.3, -0.25) is 9.69 Å². The number of carbonyl (C=O) groups is 1. The second-order valence-electron chi connectivity index (χ2n) is 5.77. The molecule has 134 valence electrons. The molecule has 26 heavy (non-hydrogen) atoms. The number of hydrogen-bond acceptors (Lipinski definition) is 5. The average molecular weight is 368 g/mol. The van der Waals surface area contributed by atoms with E-state index in [1.54, 1.807) is 29.2 Å². The van der Waals surface area contributed by atoms with E-state index in [1.165, 1.54) is 18.9 Å². The van der Waals surface area contributed by atoms with Crippen molar-refractivity contribution in [3.63, 3.8) is 0 Å². The Morgan fingerprint density at radius 1 is 1.27 bits per heavy atom. The highest BCUT2D eigenvalue weighted by Crippen LogP contribution is 2.35.